The smallest absolute Gasteiger partial charge is 0.272 e. The first kappa shape index (κ1) is 17.5. The molecule has 0 aliphatic carbocycles. The molecule has 0 radical (unpaired) electrons. The molecule has 0 aliphatic heterocycles. The summed E-state index contributed by atoms with van der Waals surface area (Å²) in [6.07, 6.45) is 1.72. The molecule has 0 spiro atoms. The number of nitrogens with two attached hydrogens (primary N) is 1. The van der Waals surface area contributed by atoms with E-state index in [4.69, 9.17) is 10.2 Å². The quantitative estimate of drug-likeness (QED) is 0.536. The van der Waals surface area contributed by atoms with Crippen LogP contribution in [0.15, 0.2) is 23.0 Å². The Balaban J connectivity index is 2.31. The lowest BCUT2D eigenvalue weighted by Gasteiger charge is -2.18. The lowest BCUT2D eigenvalue weighted by molar-refractivity contribution is -0.131. The van der Waals surface area contributed by atoms with Crippen molar-refractivity contribution in [1.29, 1.82) is 0 Å². The van der Waals surface area contributed by atoms with Crippen LogP contribution in [0.2, 0.25) is 0 Å². The van der Waals surface area contributed by atoms with Gasteiger partial charge in [0.25, 0.3) is 11.8 Å². The maximum Gasteiger partial charge on any atom is 0.272 e. The summed E-state index contributed by atoms with van der Waals surface area (Å²) in [7, 11) is 0. The van der Waals surface area contributed by atoms with Gasteiger partial charge in [-0.05, 0) is 23.5 Å². The van der Waals surface area contributed by atoms with E-state index in [2.05, 4.69) is 24.7 Å². The predicted molar refractivity (Wildman–Crippen MR) is 80.5 cm³/mol. The third kappa shape index (κ3) is 6.19. The van der Waals surface area contributed by atoms with Gasteiger partial charge in [0.1, 0.15) is 12.4 Å². The first-order chi connectivity index (χ1) is 9.91. The van der Waals surface area contributed by atoms with Gasteiger partial charge >= 0.3 is 0 Å². The second-order valence-corrected chi connectivity index (χ2v) is 6.46. The fourth-order valence-corrected chi connectivity index (χ4v) is 2.33. The summed E-state index contributed by atoms with van der Waals surface area (Å²) in [5.41, 5.74) is 10.3. The molecule has 1 rings (SSSR count). The van der Waals surface area contributed by atoms with Crippen LogP contribution in [0.3, 0.4) is 0 Å². The van der Waals surface area contributed by atoms with Crippen LogP contribution >= 0.6 is 11.8 Å². The third-order valence-corrected chi connectivity index (χ3v) is 3.80. The molecule has 21 heavy (non-hydrogen) atoms. The molecule has 7 nitrogen and oxygen atoms in total. The molecule has 2 atom stereocenters. The SMILES string of the molecule is CC(C)SCC[C@@H](N)C(O)C(=O)NNC(=O)c1ccoc1. The number of carbonyl (C=O) groups is 2. The molecule has 0 saturated carbocycles. The number of aliphatic hydroxyl groups excluding tert-OH is 1. The van der Waals surface area contributed by atoms with Gasteiger partial charge in [0, 0.05) is 6.04 Å². The van der Waals surface area contributed by atoms with E-state index in [1.807, 2.05) is 0 Å². The van der Waals surface area contributed by atoms with Crippen LogP contribution in [0.5, 0.6) is 0 Å². The van der Waals surface area contributed by atoms with E-state index in [-0.39, 0.29) is 5.56 Å². The van der Waals surface area contributed by atoms with Gasteiger partial charge in [0.05, 0.1) is 11.8 Å². The maximum atomic E-state index is 11.7. The average molecular weight is 315 g/mol. The number of amides is 2. The Bertz CT molecular complexity index is 450. The zero-order chi connectivity index (χ0) is 15.8. The van der Waals surface area contributed by atoms with Gasteiger partial charge in [-0.1, -0.05) is 13.8 Å². The molecular weight excluding hydrogens is 294 g/mol. The zero-order valence-electron chi connectivity index (χ0n) is 12.0. The van der Waals surface area contributed by atoms with Crippen molar-refractivity contribution in [3.05, 3.63) is 24.2 Å². The summed E-state index contributed by atoms with van der Waals surface area (Å²) in [4.78, 5) is 23.2. The highest BCUT2D eigenvalue weighted by Gasteiger charge is 2.23. The van der Waals surface area contributed by atoms with Crippen LogP contribution in [0.4, 0.5) is 0 Å². The van der Waals surface area contributed by atoms with E-state index in [1.54, 1.807) is 11.8 Å². The molecule has 0 fully saturated rings. The molecule has 0 saturated heterocycles. The molecule has 1 aromatic rings. The molecule has 8 heteroatoms. The van der Waals surface area contributed by atoms with Gasteiger partial charge in [-0.25, -0.2) is 0 Å². The Morgan fingerprint density at radius 1 is 1.43 bits per heavy atom. The topological polar surface area (TPSA) is 118 Å². The lowest BCUT2D eigenvalue weighted by Crippen LogP contribution is -2.52. The summed E-state index contributed by atoms with van der Waals surface area (Å²) < 4.78 is 4.75. The first-order valence-electron chi connectivity index (χ1n) is 6.59. The van der Waals surface area contributed by atoms with Gasteiger partial charge in [0.15, 0.2) is 0 Å². The van der Waals surface area contributed by atoms with Crippen LogP contribution < -0.4 is 16.6 Å². The monoisotopic (exact) mass is 315 g/mol. The molecule has 2 amide bonds. The van der Waals surface area contributed by atoms with Crippen LogP contribution in [0.25, 0.3) is 0 Å². The number of hydrazine groups is 1. The fraction of sp³-hybridized carbons (Fsp3) is 0.538. The van der Waals surface area contributed by atoms with Gasteiger partial charge in [-0.2, -0.15) is 11.8 Å². The summed E-state index contributed by atoms with van der Waals surface area (Å²) in [5, 5.41) is 10.2. The first-order valence-corrected chi connectivity index (χ1v) is 7.64. The van der Waals surface area contributed by atoms with Crippen molar-refractivity contribution in [2.45, 2.75) is 37.7 Å². The number of carbonyl (C=O) groups excluding carboxylic acids is 2. The fourth-order valence-electron chi connectivity index (χ4n) is 1.45. The van der Waals surface area contributed by atoms with E-state index in [1.165, 1.54) is 18.6 Å². The van der Waals surface area contributed by atoms with E-state index in [9.17, 15) is 14.7 Å². The predicted octanol–water partition coefficient (Wildman–Crippen LogP) is 0.261. The molecule has 118 valence electrons. The molecule has 1 aromatic heterocycles. The van der Waals surface area contributed by atoms with Gasteiger partial charge in [-0.3, -0.25) is 20.4 Å². The number of hydrogen-bond acceptors (Lipinski definition) is 6. The average Bonchev–Trinajstić information content (AvgIpc) is 2.97. The van der Waals surface area contributed by atoms with Crippen LogP contribution in [-0.4, -0.2) is 40.1 Å². The molecular formula is C13H21N3O4S. The van der Waals surface area contributed by atoms with Gasteiger partial charge in [0.2, 0.25) is 0 Å². The highest BCUT2D eigenvalue weighted by Crippen LogP contribution is 2.12. The minimum atomic E-state index is -1.37. The Labute approximate surface area is 127 Å². The Hall–Kier alpha value is -1.51. The summed E-state index contributed by atoms with van der Waals surface area (Å²) in [6, 6.07) is 0.773. The van der Waals surface area contributed by atoms with Crippen molar-refractivity contribution in [1.82, 2.24) is 10.9 Å². The zero-order valence-corrected chi connectivity index (χ0v) is 12.9. The second-order valence-electron chi connectivity index (χ2n) is 4.77. The summed E-state index contributed by atoms with van der Waals surface area (Å²) in [5.74, 6) is -0.521. The van der Waals surface area contributed by atoms with Crippen molar-refractivity contribution in [2.75, 3.05) is 5.75 Å². The Morgan fingerprint density at radius 2 is 2.14 bits per heavy atom. The number of nitrogens with one attached hydrogen (secondary N) is 2. The van der Waals surface area contributed by atoms with Crippen LogP contribution in [-0.2, 0) is 4.79 Å². The highest BCUT2D eigenvalue weighted by molar-refractivity contribution is 7.99. The largest absolute Gasteiger partial charge is 0.472 e. The Kier molecular flexibility index (Phi) is 7.27. The van der Waals surface area contributed by atoms with Gasteiger partial charge < -0.3 is 15.3 Å². The van der Waals surface area contributed by atoms with E-state index in [0.717, 1.165) is 5.75 Å². The molecule has 0 aliphatic rings. The molecule has 1 unspecified atom stereocenters. The number of rotatable bonds is 7. The van der Waals surface area contributed by atoms with Crippen molar-refractivity contribution in [3.8, 4) is 0 Å². The number of thioether (sulfide) groups is 1. The minimum Gasteiger partial charge on any atom is -0.472 e. The number of furan rings is 1. The minimum absolute atomic E-state index is 0.266. The lowest BCUT2D eigenvalue weighted by atomic mass is 10.1. The Morgan fingerprint density at radius 3 is 2.71 bits per heavy atom. The molecule has 0 bridgehead atoms. The maximum absolute atomic E-state index is 11.7. The van der Waals surface area contributed by atoms with E-state index >= 15 is 0 Å². The highest BCUT2D eigenvalue weighted by atomic mass is 32.2. The summed E-state index contributed by atoms with van der Waals surface area (Å²) >= 11 is 1.70. The number of aliphatic hydroxyl groups is 1. The van der Waals surface area contributed by atoms with Gasteiger partial charge in [-0.15, -0.1) is 0 Å². The van der Waals surface area contributed by atoms with Crippen molar-refractivity contribution >= 4 is 23.6 Å². The van der Waals surface area contributed by atoms with Crippen molar-refractivity contribution in [2.24, 2.45) is 5.73 Å². The van der Waals surface area contributed by atoms with E-state index < -0.39 is 24.0 Å². The number of hydrogen-bond donors (Lipinski definition) is 4. The van der Waals surface area contributed by atoms with Crippen LogP contribution in [0.1, 0.15) is 30.6 Å². The second kappa shape index (κ2) is 8.71. The molecule has 1 heterocycles. The van der Waals surface area contributed by atoms with Crippen molar-refractivity contribution < 1.29 is 19.1 Å². The van der Waals surface area contributed by atoms with Crippen molar-refractivity contribution in [3.63, 3.8) is 0 Å². The van der Waals surface area contributed by atoms with Crippen LogP contribution in [0, 0.1) is 0 Å². The molecule has 0 aromatic carbocycles. The normalized spacial score (nSPS) is 13.8. The standard InChI is InChI=1S/C13H21N3O4S/c1-8(2)21-6-4-10(14)11(17)13(19)16-15-12(18)9-3-5-20-7-9/h3,5,7-8,10-11,17H,4,6,14H2,1-2H3,(H,15,18)(H,16,19)/t10-,11?/m1/s1. The third-order valence-electron chi connectivity index (χ3n) is 2.66. The summed E-state index contributed by atoms with van der Waals surface area (Å²) in [6.45, 7) is 4.12. The molecule has 5 N–H and O–H groups in total. The van der Waals surface area contributed by atoms with E-state index in [0.29, 0.717) is 11.7 Å².